The average molecular weight is 1070 g/mol. The first kappa shape index (κ1) is 32.5. The molecule has 67 heavy (non-hydrogen) atoms. The standard InChI is InChI=1S/C60H46N4OSi.Pt/c1-60(2,3)42-34-35-61-55(36-42)64-49-30-14-12-26-47(49)56-52(64)38-53(57-48-27-13-17-33-54(48)66(4,5)59(56)57)65-44-25-18-24-43(37-44)62-39-63(51-32-16-15-31-50(51)62)58-45(40-20-8-6-9-21-40)28-19-29-46(58)41-22-10-7-11-23-41;/h6-36H,1-5H3;/q-2;/i6D,7D,8D,9D,10D,11D,20D,21D,22D,23D;. The van der Waals surface area contributed by atoms with E-state index in [2.05, 4.69) is 118 Å². The Morgan fingerprint density at radius 3 is 2.06 bits per heavy atom. The van der Waals surface area contributed by atoms with Crippen LogP contribution in [0.5, 0.6) is 11.5 Å². The van der Waals surface area contributed by atoms with Crippen molar-refractivity contribution in [2.45, 2.75) is 39.3 Å². The molecule has 0 spiro atoms. The van der Waals surface area contributed by atoms with Crippen LogP contribution >= 0.6 is 0 Å². The first-order valence-corrected chi connectivity index (χ1v) is 24.8. The molecule has 0 aliphatic carbocycles. The number of nitrogens with zero attached hydrogens (tertiary/aromatic N) is 4. The molecule has 0 amide bonds. The molecule has 0 unspecified atom stereocenters. The maximum atomic E-state index is 9.09. The van der Waals surface area contributed by atoms with Crippen molar-refractivity contribution in [2.24, 2.45) is 0 Å². The van der Waals surface area contributed by atoms with Gasteiger partial charge in [0, 0.05) is 44.3 Å². The van der Waals surface area contributed by atoms with Gasteiger partial charge in [0.2, 0.25) is 0 Å². The second-order valence-electron chi connectivity index (χ2n) is 18.1. The average Bonchev–Trinajstić information content (AvgIpc) is 4.18. The van der Waals surface area contributed by atoms with Crippen molar-refractivity contribution in [1.82, 2.24) is 14.1 Å². The number of benzene rings is 8. The largest absolute Gasteiger partial charge is 0.509 e. The molecule has 5 nitrogen and oxygen atoms in total. The molecular weight excluding hydrogens is 1020 g/mol. The molecule has 0 N–H and O–H groups in total. The molecule has 7 heteroatoms. The van der Waals surface area contributed by atoms with E-state index < -0.39 is 68.5 Å². The minimum Gasteiger partial charge on any atom is -0.509 e. The third-order valence-electron chi connectivity index (χ3n) is 12.7. The molecule has 3 aromatic heterocycles. The molecule has 8 aromatic carbocycles. The molecular formula is C60H46N4OPtSi-2. The predicted molar refractivity (Wildman–Crippen MR) is 272 cm³/mol. The second-order valence-corrected chi connectivity index (χ2v) is 22.4. The zero-order chi connectivity index (χ0) is 53.4. The molecule has 0 saturated carbocycles. The minimum absolute atomic E-state index is 0. The van der Waals surface area contributed by atoms with Gasteiger partial charge in [0.1, 0.15) is 5.82 Å². The van der Waals surface area contributed by atoms with E-state index in [4.69, 9.17) is 23.4 Å². The Kier molecular flexibility index (Phi) is 7.94. The fraction of sp³-hybridized carbons (Fsp3) is 0.100. The van der Waals surface area contributed by atoms with Gasteiger partial charge in [-0.15, -0.1) is 28.8 Å². The molecule has 1 aliphatic rings. The number of para-hydroxylation sites is 4. The van der Waals surface area contributed by atoms with Gasteiger partial charge in [-0.25, -0.2) is 4.98 Å². The van der Waals surface area contributed by atoms with E-state index in [1.165, 1.54) is 10.4 Å². The van der Waals surface area contributed by atoms with Gasteiger partial charge in [-0.1, -0.05) is 201 Å². The van der Waals surface area contributed by atoms with E-state index in [1.807, 2.05) is 48.7 Å². The molecule has 0 radical (unpaired) electrons. The van der Waals surface area contributed by atoms with Crippen molar-refractivity contribution >= 4 is 51.3 Å². The third kappa shape index (κ3) is 6.92. The van der Waals surface area contributed by atoms with Gasteiger partial charge in [0.05, 0.1) is 38.5 Å². The fourth-order valence-corrected chi connectivity index (χ4v) is 13.1. The number of aromatic nitrogens is 4. The normalized spacial score (nSPS) is 14.9. The SMILES string of the molecule is [2H]c1c([2H])c([2H])c(-c2cccc(-c3c([2H])c([2H])c([2H])c([2H])c3[2H])c2-[n+]2[c-]n(-c3[c-]c(Oc4[c-]c5c(c6c4-c4ccccc4[Si]6(C)C)c4ccccc4n5-c4cc(C(C)(C)C)ccn4)ccc3)c3ccccc32)c([2H])c1[2H].[Pt]. The summed E-state index contributed by atoms with van der Waals surface area (Å²) in [5.41, 5.74) is 6.79. The van der Waals surface area contributed by atoms with Crippen LogP contribution in [0.1, 0.15) is 40.0 Å². The summed E-state index contributed by atoms with van der Waals surface area (Å²) in [7, 11) is -2.42. The summed E-state index contributed by atoms with van der Waals surface area (Å²) in [5.74, 6) is 1.69. The van der Waals surface area contributed by atoms with Gasteiger partial charge < -0.3 is 13.9 Å². The number of hydrogen-bond acceptors (Lipinski definition) is 2. The molecule has 4 heterocycles. The van der Waals surface area contributed by atoms with E-state index in [1.54, 1.807) is 27.3 Å². The van der Waals surface area contributed by atoms with Crippen molar-refractivity contribution in [1.29, 1.82) is 0 Å². The van der Waals surface area contributed by atoms with Crippen LogP contribution in [0, 0.1) is 18.5 Å². The van der Waals surface area contributed by atoms with Gasteiger partial charge in [-0.2, -0.15) is 12.1 Å². The number of fused-ring (bicyclic) bond motifs is 8. The Balaban J connectivity index is 0.00000631. The van der Waals surface area contributed by atoms with Crippen molar-refractivity contribution in [2.75, 3.05) is 0 Å². The third-order valence-corrected chi connectivity index (χ3v) is 16.3. The Morgan fingerprint density at radius 1 is 0.687 bits per heavy atom. The van der Waals surface area contributed by atoms with Gasteiger partial charge in [-0.05, 0) is 62.5 Å². The monoisotopic (exact) mass is 1070 g/mol. The minimum atomic E-state index is -2.42. The van der Waals surface area contributed by atoms with E-state index >= 15 is 0 Å². The van der Waals surface area contributed by atoms with E-state index in [0.29, 0.717) is 28.2 Å². The van der Waals surface area contributed by atoms with Gasteiger partial charge in [0.25, 0.3) is 6.33 Å². The smallest absolute Gasteiger partial charge is 0.268 e. The zero-order valence-electron chi connectivity index (χ0n) is 47.1. The first-order chi connectivity index (χ1) is 36.3. The van der Waals surface area contributed by atoms with Crippen LogP contribution in [-0.4, -0.2) is 22.2 Å². The summed E-state index contributed by atoms with van der Waals surface area (Å²) in [6.07, 6.45) is 5.33. The topological polar surface area (TPSA) is 35.9 Å². The predicted octanol–water partition coefficient (Wildman–Crippen LogP) is 13.0. The molecule has 0 bridgehead atoms. The Hall–Kier alpha value is -7.11. The molecule has 0 saturated heterocycles. The van der Waals surface area contributed by atoms with Crippen molar-refractivity contribution in [3.8, 4) is 62.1 Å². The number of hydrogen-bond donors (Lipinski definition) is 0. The van der Waals surface area contributed by atoms with Crippen molar-refractivity contribution in [3.63, 3.8) is 0 Å². The van der Waals surface area contributed by atoms with Crippen LogP contribution in [0.3, 0.4) is 0 Å². The molecule has 12 rings (SSSR count). The second kappa shape index (κ2) is 16.3. The molecule has 0 fully saturated rings. The number of ether oxygens (including phenoxy) is 1. The van der Waals surface area contributed by atoms with E-state index in [-0.39, 0.29) is 54.4 Å². The number of pyridine rings is 1. The Labute approximate surface area is 420 Å². The number of rotatable bonds is 7. The van der Waals surface area contributed by atoms with Crippen LogP contribution in [-0.2, 0) is 26.5 Å². The maximum Gasteiger partial charge on any atom is 0.268 e. The molecule has 1 aliphatic heterocycles. The fourth-order valence-electron chi connectivity index (χ4n) is 9.70. The summed E-state index contributed by atoms with van der Waals surface area (Å²) < 4.78 is 100. The van der Waals surface area contributed by atoms with Gasteiger partial charge in [-0.3, -0.25) is 4.57 Å². The summed E-state index contributed by atoms with van der Waals surface area (Å²) in [6.45, 7) is 11.4. The van der Waals surface area contributed by atoms with Crippen LogP contribution < -0.4 is 19.7 Å². The maximum absolute atomic E-state index is 9.09. The Morgan fingerprint density at radius 2 is 1.33 bits per heavy atom. The van der Waals surface area contributed by atoms with Gasteiger partial charge in [0.15, 0.2) is 0 Å². The molecule has 0 atom stereocenters. The zero-order valence-corrected chi connectivity index (χ0v) is 40.4. The quantitative estimate of drug-likeness (QED) is 0.0906. The van der Waals surface area contributed by atoms with Crippen molar-refractivity contribution < 1.29 is 44.1 Å². The summed E-state index contributed by atoms with van der Waals surface area (Å²) >= 11 is 0. The summed E-state index contributed by atoms with van der Waals surface area (Å²) in [5, 5.41) is 4.76. The molecule has 11 aromatic rings. The van der Waals surface area contributed by atoms with Crippen LogP contribution in [0.15, 0.2) is 188 Å². The van der Waals surface area contributed by atoms with Gasteiger partial charge >= 0.3 is 0 Å². The summed E-state index contributed by atoms with van der Waals surface area (Å²) in [4.78, 5) is 4.97. The van der Waals surface area contributed by atoms with Crippen LogP contribution in [0.4, 0.5) is 0 Å². The van der Waals surface area contributed by atoms with Crippen LogP contribution in [0.25, 0.3) is 83.4 Å². The van der Waals surface area contributed by atoms with Crippen LogP contribution in [0.2, 0.25) is 13.1 Å². The Bertz CT molecular complexity index is 4170. The summed E-state index contributed by atoms with van der Waals surface area (Å²) in [6, 6.07) is 41.0. The van der Waals surface area contributed by atoms with Crippen molar-refractivity contribution in [3.05, 3.63) is 212 Å². The first-order valence-electron chi connectivity index (χ1n) is 26.8. The number of imidazole rings is 1. The van der Waals surface area contributed by atoms with E-state index in [0.717, 1.165) is 44.3 Å². The van der Waals surface area contributed by atoms with E-state index in [9.17, 15) is 0 Å². The molecule has 328 valence electrons.